The van der Waals surface area contributed by atoms with E-state index in [9.17, 15) is 0 Å². The molecule has 2 aromatic rings. The first-order valence-electron chi connectivity index (χ1n) is 3.57. The lowest BCUT2D eigenvalue weighted by Gasteiger charge is -1.95. The molecule has 0 aliphatic rings. The molecule has 0 saturated heterocycles. The number of aryl methyl sites for hydroxylation is 1. The van der Waals surface area contributed by atoms with E-state index >= 15 is 0 Å². The quantitative estimate of drug-likeness (QED) is 0.630. The number of rotatable bonds is 0. The largest absolute Gasteiger partial charge is 0.398 e. The first-order valence-corrected chi connectivity index (χ1v) is 3.94. The third kappa shape index (κ3) is 0.865. The number of nitrogen functional groups attached to an aromatic ring is 1. The van der Waals surface area contributed by atoms with E-state index in [0.717, 1.165) is 10.9 Å². The molecule has 0 aliphatic carbocycles. The van der Waals surface area contributed by atoms with Gasteiger partial charge in [-0.15, -0.1) is 0 Å². The van der Waals surface area contributed by atoms with Gasteiger partial charge in [-0.2, -0.15) is 5.10 Å². The second-order valence-corrected chi connectivity index (χ2v) is 3.01. The fourth-order valence-corrected chi connectivity index (χ4v) is 1.61. The van der Waals surface area contributed by atoms with Crippen LogP contribution in [0.25, 0.3) is 10.9 Å². The van der Waals surface area contributed by atoms with Gasteiger partial charge in [-0.25, -0.2) is 0 Å². The summed E-state index contributed by atoms with van der Waals surface area (Å²) < 4.78 is 1.72. The third-order valence-electron chi connectivity index (χ3n) is 1.87. The van der Waals surface area contributed by atoms with Crippen LogP contribution in [0.5, 0.6) is 0 Å². The molecule has 0 fully saturated rings. The molecule has 0 bridgehead atoms. The molecule has 1 aromatic carbocycles. The lowest BCUT2D eigenvalue weighted by molar-refractivity contribution is 0.797. The van der Waals surface area contributed by atoms with Gasteiger partial charge in [0.15, 0.2) is 5.15 Å². The molecule has 12 heavy (non-hydrogen) atoms. The zero-order chi connectivity index (χ0) is 8.72. The zero-order valence-electron chi connectivity index (χ0n) is 6.58. The van der Waals surface area contributed by atoms with Crippen molar-refractivity contribution in [1.29, 1.82) is 0 Å². The Morgan fingerprint density at radius 2 is 2.25 bits per heavy atom. The van der Waals surface area contributed by atoms with Crippen LogP contribution in [0.1, 0.15) is 0 Å². The van der Waals surface area contributed by atoms with Gasteiger partial charge in [-0.05, 0) is 12.1 Å². The van der Waals surface area contributed by atoms with Gasteiger partial charge in [-0.1, -0.05) is 17.7 Å². The van der Waals surface area contributed by atoms with E-state index in [-0.39, 0.29) is 0 Å². The van der Waals surface area contributed by atoms with E-state index in [4.69, 9.17) is 17.3 Å². The number of benzene rings is 1. The van der Waals surface area contributed by atoms with Gasteiger partial charge in [0.25, 0.3) is 0 Å². The average Bonchev–Trinajstić information content (AvgIpc) is 2.29. The maximum atomic E-state index is 5.87. The smallest absolute Gasteiger partial charge is 0.160 e. The van der Waals surface area contributed by atoms with Gasteiger partial charge in [0, 0.05) is 12.7 Å². The highest BCUT2D eigenvalue weighted by Crippen LogP contribution is 2.27. The van der Waals surface area contributed by atoms with E-state index < -0.39 is 0 Å². The number of anilines is 1. The maximum Gasteiger partial charge on any atom is 0.160 e. The van der Waals surface area contributed by atoms with Gasteiger partial charge in [-0.3, -0.25) is 4.68 Å². The summed E-state index contributed by atoms with van der Waals surface area (Å²) in [5.74, 6) is 0. The summed E-state index contributed by atoms with van der Waals surface area (Å²) >= 11 is 5.87. The van der Waals surface area contributed by atoms with E-state index in [0.29, 0.717) is 10.8 Å². The average molecular weight is 182 g/mol. The molecule has 1 aromatic heterocycles. The maximum absolute atomic E-state index is 5.87. The van der Waals surface area contributed by atoms with Crippen LogP contribution in [0.15, 0.2) is 18.2 Å². The van der Waals surface area contributed by atoms with Crippen molar-refractivity contribution in [3.8, 4) is 0 Å². The fourth-order valence-electron chi connectivity index (χ4n) is 1.29. The number of nitrogens with two attached hydrogens (primary N) is 1. The molecule has 1 heterocycles. The Balaban J connectivity index is 2.99. The van der Waals surface area contributed by atoms with Gasteiger partial charge in [0.1, 0.15) is 0 Å². The minimum Gasteiger partial charge on any atom is -0.398 e. The molecule has 2 N–H and O–H groups in total. The Labute approximate surface area is 74.7 Å². The van der Waals surface area contributed by atoms with Crippen LogP contribution in [0.3, 0.4) is 0 Å². The summed E-state index contributed by atoms with van der Waals surface area (Å²) in [6, 6.07) is 5.64. The zero-order valence-corrected chi connectivity index (χ0v) is 7.34. The first-order chi connectivity index (χ1) is 5.70. The molecule has 0 saturated carbocycles. The van der Waals surface area contributed by atoms with Crippen molar-refractivity contribution in [2.45, 2.75) is 0 Å². The number of hydrogen-bond donors (Lipinski definition) is 1. The van der Waals surface area contributed by atoms with Crippen molar-refractivity contribution in [2.24, 2.45) is 7.05 Å². The number of aromatic nitrogens is 2. The Kier molecular flexibility index (Phi) is 1.48. The van der Waals surface area contributed by atoms with Gasteiger partial charge < -0.3 is 5.73 Å². The van der Waals surface area contributed by atoms with Crippen LogP contribution < -0.4 is 5.73 Å². The lowest BCUT2D eigenvalue weighted by atomic mass is 10.2. The number of halogens is 1. The fraction of sp³-hybridized carbons (Fsp3) is 0.125. The Hall–Kier alpha value is -1.22. The van der Waals surface area contributed by atoms with Crippen molar-refractivity contribution >= 4 is 28.2 Å². The number of hydrogen-bond acceptors (Lipinski definition) is 2. The minimum atomic E-state index is 0.464. The minimum absolute atomic E-state index is 0.464. The molecular formula is C8H8ClN3. The molecule has 0 amide bonds. The van der Waals surface area contributed by atoms with Gasteiger partial charge >= 0.3 is 0 Å². The van der Waals surface area contributed by atoms with Crippen molar-refractivity contribution in [1.82, 2.24) is 9.78 Å². The third-order valence-corrected chi connectivity index (χ3v) is 2.13. The van der Waals surface area contributed by atoms with Gasteiger partial charge in [0.2, 0.25) is 0 Å². The summed E-state index contributed by atoms with van der Waals surface area (Å²) in [5, 5.41) is 5.35. The molecule has 0 unspecified atom stereocenters. The Morgan fingerprint density at radius 1 is 1.50 bits per heavy atom. The Bertz CT molecular complexity index is 433. The van der Waals surface area contributed by atoms with Crippen LogP contribution >= 0.6 is 11.6 Å². The Morgan fingerprint density at radius 3 is 2.92 bits per heavy atom. The molecule has 0 atom stereocenters. The van der Waals surface area contributed by atoms with Crippen LogP contribution in [-0.4, -0.2) is 9.78 Å². The standard InChI is InChI=1S/C8H8ClN3/c1-12-6-4-2-3-5(10)7(6)8(9)11-12/h2-4H,10H2,1H3. The van der Waals surface area contributed by atoms with Crippen molar-refractivity contribution in [2.75, 3.05) is 5.73 Å². The SMILES string of the molecule is Cn1nc(Cl)c2c(N)cccc21. The van der Waals surface area contributed by atoms with Gasteiger partial charge in [0.05, 0.1) is 10.9 Å². The highest BCUT2D eigenvalue weighted by atomic mass is 35.5. The van der Waals surface area contributed by atoms with E-state index in [1.807, 2.05) is 25.2 Å². The topological polar surface area (TPSA) is 43.8 Å². The summed E-state index contributed by atoms with van der Waals surface area (Å²) in [5.41, 5.74) is 7.36. The van der Waals surface area contributed by atoms with Crippen molar-refractivity contribution in [3.63, 3.8) is 0 Å². The predicted molar refractivity (Wildman–Crippen MR) is 50.1 cm³/mol. The molecule has 0 radical (unpaired) electrons. The summed E-state index contributed by atoms with van der Waals surface area (Å²) in [6.45, 7) is 0. The summed E-state index contributed by atoms with van der Waals surface area (Å²) in [4.78, 5) is 0. The molecule has 0 aliphatic heterocycles. The summed E-state index contributed by atoms with van der Waals surface area (Å²) in [6.07, 6.45) is 0. The number of nitrogens with zero attached hydrogens (tertiary/aromatic N) is 2. The highest BCUT2D eigenvalue weighted by Gasteiger charge is 2.07. The monoisotopic (exact) mass is 181 g/mol. The van der Waals surface area contributed by atoms with E-state index in [1.54, 1.807) is 4.68 Å². The van der Waals surface area contributed by atoms with Crippen LogP contribution in [-0.2, 0) is 7.05 Å². The molecule has 2 rings (SSSR count). The van der Waals surface area contributed by atoms with Crippen molar-refractivity contribution < 1.29 is 0 Å². The molecule has 3 nitrogen and oxygen atoms in total. The second-order valence-electron chi connectivity index (χ2n) is 2.66. The molecule has 0 spiro atoms. The number of fused-ring (bicyclic) bond motifs is 1. The molecule has 4 heteroatoms. The van der Waals surface area contributed by atoms with E-state index in [1.165, 1.54) is 0 Å². The highest BCUT2D eigenvalue weighted by molar-refractivity contribution is 6.35. The summed E-state index contributed by atoms with van der Waals surface area (Å²) in [7, 11) is 1.84. The normalized spacial score (nSPS) is 10.8. The van der Waals surface area contributed by atoms with Crippen LogP contribution in [0.4, 0.5) is 5.69 Å². The predicted octanol–water partition coefficient (Wildman–Crippen LogP) is 1.81. The lowest BCUT2D eigenvalue weighted by Crippen LogP contribution is -1.89. The van der Waals surface area contributed by atoms with Crippen LogP contribution in [0, 0.1) is 0 Å². The second kappa shape index (κ2) is 2.38. The van der Waals surface area contributed by atoms with Crippen molar-refractivity contribution in [3.05, 3.63) is 23.4 Å². The van der Waals surface area contributed by atoms with Crippen LogP contribution in [0.2, 0.25) is 5.15 Å². The first kappa shape index (κ1) is 7.43. The van der Waals surface area contributed by atoms with E-state index in [2.05, 4.69) is 5.10 Å². The molecule has 62 valence electrons. The molecular weight excluding hydrogens is 174 g/mol.